The first kappa shape index (κ1) is 23.4. The van der Waals surface area contributed by atoms with Crippen molar-refractivity contribution in [2.45, 2.75) is 65.0 Å². The van der Waals surface area contributed by atoms with E-state index in [1.165, 1.54) is 11.1 Å². The highest BCUT2D eigenvalue weighted by atomic mass is 16.5. The number of aromatic nitrogens is 3. The molecule has 0 amide bonds. The lowest BCUT2D eigenvalue weighted by Crippen LogP contribution is -2.24. The molecule has 0 radical (unpaired) electrons. The predicted molar refractivity (Wildman–Crippen MR) is 128 cm³/mol. The summed E-state index contributed by atoms with van der Waals surface area (Å²) in [5.74, 6) is -0.291. The Morgan fingerprint density at radius 3 is 2.91 bits per heavy atom. The summed E-state index contributed by atoms with van der Waals surface area (Å²) in [5, 5.41) is 21.3. The Morgan fingerprint density at radius 1 is 1.21 bits per heavy atom. The first-order chi connectivity index (χ1) is 16.1. The van der Waals surface area contributed by atoms with Crippen LogP contribution in [0.5, 0.6) is 0 Å². The van der Waals surface area contributed by atoms with E-state index in [1.54, 1.807) is 0 Å². The molecule has 4 rings (SSSR count). The van der Waals surface area contributed by atoms with Crippen molar-refractivity contribution < 1.29 is 14.6 Å². The van der Waals surface area contributed by atoms with Gasteiger partial charge in [0.25, 0.3) is 0 Å². The number of benzene rings is 2. The van der Waals surface area contributed by atoms with Crippen molar-refractivity contribution in [2.75, 3.05) is 19.8 Å². The Balaban J connectivity index is 1.68. The van der Waals surface area contributed by atoms with Crippen molar-refractivity contribution in [1.29, 1.82) is 0 Å². The minimum absolute atomic E-state index is 0.101. The minimum Gasteiger partial charge on any atom is -0.466 e. The number of fused-ring (bicyclic) bond motifs is 2. The quantitative estimate of drug-likeness (QED) is 0.362. The Morgan fingerprint density at radius 2 is 2.09 bits per heavy atom. The molecule has 0 saturated carbocycles. The number of ether oxygens (including phenoxy) is 1. The van der Waals surface area contributed by atoms with Crippen LogP contribution in [-0.2, 0) is 29.0 Å². The van der Waals surface area contributed by atoms with Crippen molar-refractivity contribution in [3.63, 3.8) is 0 Å². The second kappa shape index (κ2) is 10.9. The van der Waals surface area contributed by atoms with Crippen LogP contribution in [0.2, 0.25) is 0 Å². The fraction of sp³-hybridized carbons (Fsp3) is 0.500. The smallest absolute Gasteiger partial charge is 0.306 e. The molecule has 3 aromatic rings. The summed E-state index contributed by atoms with van der Waals surface area (Å²) in [6.45, 7) is 7.15. The van der Waals surface area contributed by atoms with Crippen molar-refractivity contribution in [2.24, 2.45) is 0 Å². The van der Waals surface area contributed by atoms with Crippen LogP contribution in [0.4, 0.5) is 0 Å². The van der Waals surface area contributed by atoms with Crippen molar-refractivity contribution in [1.82, 2.24) is 20.3 Å². The zero-order valence-corrected chi connectivity index (χ0v) is 19.6. The predicted octanol–water partition coefficient (Wildman–Crippen LogP) is 3.63. The maximum Gasteiger partial charge on any atom is 0.306 e. The van der Waals surface area contributed by atoms with Gasteiger partial charge in [-0.1, -0.05) is 29.5 Å². The molecule has 0 saturated heterocycles. The van der Waals surface area contributed by atoms with Gasteiger partial charge in [0.15, 0.2) is 0 Å². The molecular formula is C26H34N4O3. The fourth-order valence-corrected chi connectivity index (χ4v) is 4.79. The summed E-state index contributed by atoms with van der Waals surface area (Å²) in [6, 6.07) is 10.8. The zero-order valence-electron chi connectivity index (χ0n) is 19.6. The van der Waals surface area contributed by atoms with Crippen LogP contribution in [0.1, 0.15) is 66.3 Å². The third-order valence-corrected chi connectivity index (χ3v) is 6.58. The van der Waals surface area contributed by atoms with Crippen LogP contribution >= 0.6 is 0 Å². The SMILES string of the molecule is CCOC(=O)CC(c1ccc2c(c1)CNCC2)c1ccc2c(nnn2CCCCCO)c1C. The Hall–Kier alpha value is -2.77. The van der Waals surface area contributed by atoms with E-state index in [4.69, 9.17) is 9.84 Å². The number of carbonyl (C=O) groups is 1. The molecule has 1 unspecified atom stereocenters. The first-order valence-electron chi connectivity index (χ1n) is 12.0. The average Bonchev–Trinajstić information content (AvgIpc) is 3.24. The number of aliphatic hydroxyl groups is 1. The van der Waals surface area contributed by atoms with Gasteiger partial charge in [-0.05, 0) is 80.0 Å². The number of aliphatic hydroxyl groups excluding tert-OH is 1. The second-order valence-electron chi connectivity index (χ2n) is 8.76. The van der Waals surface area contributed by atoms with Gasteiger partial charge in [0.1, 0.15) is 5.52 Å². The van der Waals surface area contributed by atoms with Gasteiger partial charge in [0.05, 0.1) is 18.5 Å². The van der Waals surface area contributed by atoms with Crippen LogP contribution in [-0.4, -0.2) is 45.8 Å². The number of hydrogen-bond donors (Lipinski definition) is 2. The van der Waals surface area contributed by atoms with E-state index in [0.717, 1.165) is 73.0 Å². The highest BCUT2D eigenvalue weighted by Gasteiger charge is 2.24. The van der Waals surface area contributed by atoms with Crippen LogP contribution < -0.4 is 5.32 Å². The van der Waals surface area contributed by atoms with Crippen LogP contribution in [0, 0.1) is 6.92 Å². The molecule has 176 valence electrons. The van der Waals surface area contributed by atoms with Crippen molar-refractivity contribution in [3.05, 3.63) is 58.1 Å². The van der Waals surface area contributed by atoms with Gasteiger partial charge >= 0.3 is 5.97 Å². The number of unbranched alkanes of at least 4 members (excludes halogenated alkanes) is 2. The molecule has 0 fully saturated rings. The lowest BCUT2D eigenvalue weighted by molar-refractivity contribution is -0.143. The molecule has 33 heavy (non-hydrogen) atoms. The highest BCUT2D eigenvalue weighted by Crippen LogP contribution is 2.35. The fourth-order valence-electron chi connectivity index (χ4n) is 4.79. The lowest BCUT2D eigenvalue weighted by Gasteiger charge is -2.23. The molecular weight excluding hydrogens is 416 g/mol. The molecule has 1 atom stereocenters. The van der Waals surface area contributed by atoms with E-state index >= 15 is 0 Å². The van der Waals surface area contributed by atoms with Gasteiger partial charge in [-0.25, -0.2) is 4.68 Å². The topological polar surface area (TPSA) is 89.3 Å². The maximum atomic E-state index is 12.6. The van der Waals surface area contributed by atoms with Gasteiger partial charge in [0.2, 0.25) is 0 Å². The molecule has 1 aromatic heterocycles. The summed E-state index contributed by atoms with van der Waals surface area (Å²) in [7, 11) is 0. The largest absolute Gasteiger partial charge is 0.466 e. The molecule has 7 nitrogen and oxygen atoms in total. The molecule has 0 aliphatic carbocycles. The van der Waals surface area contributed by atoms with E-state index in [1.807, 2.05) is 11.6 Å². The molecule has 1 aliphatic heterocycles. The van der Waals surface area contributed by atoms with E-state index in [2.05, 4.69) is 52.9 Å². The van der Waals surface area contributed by atoms with E-state index in [9.17, 15) is 4.79 Å². The van der Waals surface area contributed by atoms with Gasteiger partial charge in [-0.2, -0.15) is 0 Å². The normalized spacial score (nSPS) is 14.3. The van der Waals surface area contributed by atoms with E-state index in [-0.39, 0.29) is 18.5 Å². The monoisotopic (exact) mass is 450 g/mol. The van der Waals surface area contributed by atoms with E-state index < -0.39 is 0 Å². The van der Waals surface area contributed by atoms with Crippen LogP contribution in [0.15, 0.2) is 30.3 Å². The molecule has 7 heteroatoms. The molecule has 0 spiro atoms. The van der Waals surface area contributed by atoms with Crippen LogP contribution in [0.3, 0.4) is 0 Å². The van der Waals surface area contributed by atoms with E-state index in [0.29, 0.717) is 13.0 Å². The first-order valence-corrected chi connectivity index (χ1v) is 12.0. The molecule has 2 heterocycles. The summed E-state index contributed by atoms with van der Waals surface area (Å²) >= 11 is 0. The number of nitrogens with zero attached hydrogens (tertiary/aromatic N) is 3. The third kappa shape index (κ3) is 5.25. The molecule has 2 aromatic carbocycles. The average molecular weight is 451 g/mol. The number of carbonyl (C=O) groups excluding carboxylic acids is 1. The number of rotatable bonds is 10. The van der Waals surface area contributed by atoms with Crippen molar-refractivity contribution in [3.8, 4) is 0 Å². The standard InChI is InChI=1S/C26H34N4O3/c1-3-33-25(32)16-23(20-8-7-19-11-12-27-17-21(19)15-20)22-9-10-24-26(18(22)2)28-29-30(24)13-5-4-6-14-31/h7-10,15,23,27,31H,3-6,11-14,16-17H2,1-2H3. The summed E-state index contributed by atoms with van der Waals surface area (Å²) in [4.78, 5) is 12.6. The number of aryl methyl sites for hydroxylation is 2. The van der Waals surface area contributed by atoms with Gasteiger partial charge in [0, 0.05) is 25.6 Å². The summed E-state index contributed by atoms with van der Waals surface area (Å²) in [6.07, 6.45) is 4.05. The van der Waals surface area contributed by atoms with Gasteiger partial charge in [-0.15, -0.1) is 5.10 Å². The molecule has 1 aliphatic rings. The second-order valence-corrected chi connectivity index (χ2v) is 8.76. The number of hydrogen-bond acceptors (Lipinski definition) is 6. The van der Waals surface area contributed by atoms with Crippen molar-refractivity contribution >= 4 is 17.0 Å². The Labute approximate surface area is 195 Å². The lowest BCUT2D eigenvalue weighted by atomic mass is 9.83. The van der Waals surface area contributed by atoms with Gasteiger partial charge < -0.3 is 15.2 Å². The van der Waals surface area contributed by atoms with Gasteiger partial charge in [-0.3, -0.25) is 4.79 Å². The van der Waals surface area contributed by atoms with Crippen LogP contribution in [0.25, 0.3) is 11.0 Å². The summed E-state index contributed by atoms with van der Waals surface area (Å²) < 4.78 is 7.26. The molecule has 0 bridgehead atoms. The maximum absolute atomic E-state index is 12.6. The Kier molecular flexibility index (Phi) is 7.73. The zero-order chi connectivity index (χ0) is 23.2. The summed E-state index contributed by atoms with van der Waals surface area (Å²) in [5.41, 5.74) is 7.84. The highest BCUT2D eigenvalue weighted by molar-refractivity contribution is 5.80. The minimum atomic E-state index is -0.189. The third-order valence-electron chi connectivity index (χ3n) is 6.58. The Bertz CT molecular complexity index is 1110. The number of nitrogens with one attached hydrogen (secondary N) is 1. The number of esters is 1. The molecule has 2 N–H and O–H groups in total.